The third-order valence-electron chi connectivity index (χ3n) is 3.23. The highest BCUT2D eigenvalue weighted by Crippen LogP contribution is 2.24. The smallest absolute Gasteiger partial charge is 0.202 e. The van der Waals surface area contributed by atoms with Gasteiger partial charge in [0, 0.05) is 29.4 Å². The van der Waals surface area contributed by atoms with Crippen LogP contribution in [-0.4, -0.2) is 30.2 Å². The van der Waals surface area contributed by atoms with Gasteiger partial charge in [0.25, 0.3) is 0 Å². The Morgan fingerprint density at radius 2 is 2.26 bits per heavy atom. The molecule has 0 saturated heterocycles. The summed E-state index contributed by atoms with van der Waals surface area (Å²) in [5, 5.41) is 8.59. The van der Waals surface area contributed by atoms with Crippen molar-refractivity contribution in [3.63, 3.8) is 0 Å². The predicted octanol–water partition coefficient (Wildman–Crippen LogP) is 1.85. The van der Waals surface area contributed by atoms with E-state index in [2.05, 4.69) is 45.5 Å². The van der Waals surface area contributed by atoms with Gasteiger partial charge in [0.2, 0.25) is 5.13 Å². The number of anilines is 1. The summed E-state index contributed by atoms with van der Waals surface area (Å²) >= 11 is 1.44. The van der Waals surface area contributed by atoms with Gasteiger partial charge in [-0.3, -0.25) is 0 Å². The summed E-state index contributed by atoms with van der Waals surface area (Å²) in [5.41, 5.74) is 0.00205. The first kappa shape index (κ1) is 12.5. The number of nitrogens with one attached hydrogen (secondary N) is 1. The Bertz CT molecular complexity index is 567. The molecule has 1 atom stereocenters. The van der Waals surface area contributed by atoms with Crippen LogP contribution in [0.15, 0.2) is 6.33 Å². The normalized spacial score (nSPS) is 19.2. The highest BCUT2D eigenvalue weighted by atomic mass is 32.1. The summed E-state index contributed by atoms with van der Waals surface area (Å²) in [6, 6.07) is 0.356. The number of fused-ring (bicyclic) bond motifs is 1. The van der Waals surface area contributed by atoms with Crippen molar-refractivity contribution < 1.29 is 0 Å². The van der Waals surface area contributed by atoms with E-state index in [1.165, 1.54) is 11.5 Å². The minimum absolute atomic E-state index is 0.00205. The minimum Gasteiger partial charge on any atom is -0.356 e. The quantitative estimate of drug-likeness (QED) is 0.908. The third kappa shape index (κ3) is 2.60. The molecule has 1 unspecified atom stereocenters. The third-order valence-corrected chi connectivity index (χ3v) is 3.88. The van der Waals surface area contributed by atoms with Crippen LogP contribution in [0.5, 0.6) is 0 Å². The van der Waals surface area contributed by atoms with Crippen LogP contribution in [0.1, 0.15) is 38.8 Å². The van der Waals surface area contributed by atoms with Gasteiger partial charge in [-0.15, -0.1) is 0 Å². The first-order chi connectivity index (χ1) is 9.02. The van der Waals surface area contributed by atoms with Crippen molar-refractivity contribution in [2.75, 3.05) is 5.32 Å². The lowest BCUT2D eigenvalue weighted by Crippen LogP contribution is -2.32. The van der Waals surface area contributed by atoms with Crippen LogP contribution in [0.3, 0.4) is 0 Å². The van der Waals surface area contributed by atoms with E-state index in [4.69, 9.17) is 0 Å². The molecule has 0 bridgehead atoms. The second-order valence-corrected chi connectivity index (χ2v) is 6.66. The van der Waals surface area contributed by atoms with Gasteiger partial charge in [0.15, 0.2) is 0 Å². The topological polar surface area (TPSA) is 68.5 Å². The van der Waals surface area contributed by atoms with E-state index in [1.807, 2.05) is 4.68 Å². The predicted molar refractivity (Wildman–Crippen MR) is 74.4 cm³/mol. The zero-order valence-corrected chi connectivity index (χ0v) is 12.2. The lowest BCUT2D eigenvalue weighted by molar-refractivity contribution is 0.441. The van der Waals surface area contributed by atoms with Gasteiger partial charge >= 0.3 is 0 Å². The second kappa shape index (κ2) is 4.56. The van der Waals surface area contributed by atoms with Crippen LogP contribution in [0.25, 0.3) is 0 Å². The Morgan fingerprint density at radius 1 is 1.42 bits per heavy atom. The Balaban J connectivity index is 1.68. The van der Waals surface area contributed by atoms with Crippen LogP contribution in [0.2, 0.25) is 0 Å². The average Bonchev–Trinajstić information content (AvgIpc) is 2.95. The van der Waals surface area contributed by atoms with Crippen molar-refractivity contribution in [1.29, 1.82) is 0 Å². The average molecular weight is 278 g/mol. The first-order valence-corrected chi connectivity index (χ1v) is 7.27. The zero-order chi connectivity index (χ0) is 13.5. The van der Waals surface area contributed by atoms with Gasteiger partial charge in [-0.25, -0.2) is 14.6 Å². The molecule has 0 saturated carbocycles. The molecule has 3 heterocycles. The molecule has 3 rings (SSSR count). The van der Waals surface area contributed by atoms with Gasteiger partial charge in [-0.2, -0.15) is 9.47 Å². The highest BCUT2D eigenvalue weighted by molar-refractivity contribution is 7.09. The number of nitrogens with zero attached hydrogens (tertiary/aromatic N) is 5. The van der Waals surface area contributed by atoms with E-state index in [0.717, 1.165) is 36.2 Å². The van der Waals surface area contributed by atoms with Crippen LogP contribution >= 0.6 is 11.5 Å². The largest absolute Gasteiger partial charge is 0.356 e. The Kier molecular flexibility index (Phi) is 3.00. The maximum absolute atomic E-state index is 4.57. The maximum atomic E-state index is 4.57. The van der Waals surface area contributed by atoms with Crippen LogP contribution < -0.4 is 5.32 Å². The lowest BCUT2D eigenvalue weighted by Gasteiger charge is -2.23. The summed E-state index contributed by atoms with van der Waals surface area (Å²) < 4.78 is 6.39. The Morgan fingerprint density at radius 3 is 3.00 bits per heavy atom. The van der Waals surface area contributed by atoms with Gasteiger partial charge in [-0.05, 0) is 6.42 Å². The van der Waals surface area contributed by atoms with E-state index in [1.54, 1.807) is 6.33 Å². The summed E-state index contributed by atoms with van der Waals surface area (Å²) in [5.74, 6) is 1.97. The van der Waals surface area contributed by atoms with Crippen LogP contribution in [0.4, 0.5) is 5.13 Å². The fraction of sp³-hybridized carbons (Fsp3) is 0.667. The number of rotatable bonds is 2. The number of hydrogen-bond donors (Lipinski definition) is 1. The molecule has 1 N–H and O–H groups in total. The molecule has 1 aliphatic heterocycles. The summed E-state index contributed by atoms with van der Waals surface area (Å²) in [6.45, 7) is 7.23. The van der Waals surface area contributed by atoms with E-state index < -0.39 is 0 Å². The standard InChI is InChI=1S/C12H18N6S/c1-12(2,3)10-16-11(19-17-10)15-8-4-5-9-13-7-14-18(9)6-8/h7-8H,4-6H2,1-3H3,(H,15,16,17). The van der Waals surface area contributed by atoms with Gasteiger partial charge in [0.05, 0.1) is 6.54 Å². The number of aromatic nitrogens is 5. The summed E-state index contributed by atoms with van der Waals surface area (Å²) in [4.78, 5) is 8.80. The molecule has 102 valence electrons. The SMILES string of the molecule is CC(C)(C)c1nsc(NC2CCc3ncnn3C2)n1. The molecule has 0 radical (unpaired) electrons. The van der Waals surface area contributed by atoms with Gasteiger partial charge in [0.1, 0.15) is 18.0 Å². The van der Waals surface area contributed by atoms with Gasteiger partial charge < -0.3 is 5.32 Å². The zero-order valence-electron chi connectivity index (χ0n) is 11.4. The van der Waals surface area contributed by atoms with E-state index >= 15 is 0 Å². The van der Waals surface area contributed by atoms with Crippen molar-refractivity contribution in [3.8, 4) is 0 Å². The van der Waals surface area contributed by atoms with Crippen molar-refractivity contribution in [2.24, 2.45) is 0 Å². The molecule has 1 aliphatic rings. The molecule has 2 aromatic rings. The Labute approximate surface area is 116 Å². The lowest BCUT2D eigenvalue weighted by atomic mass is 9.96. The Hall–Kier alpha value is -1.50. The second-order valence-electron chi connectivity index (χ2n) is 5.91. The molecule has 0 aromatic carbocycles. The molecule has 2 aromatic heterocycles. The first-order valence-electron chi connectivity index (χ1n) is 6.50. The summed E-state index contributed by atoms with van der Waals surface area (Å²) in [6.07, 6.45) is 3.64. The van der Waals surface area contributed by atoms with Crippen molar-refractivity contribution in [1.82, 2.24) is 24.1 Å². The fourth-order valence-corrected chi connectivity index (χ4v) is 2.95. The minimum atomic E-state index is 0.00205. The highest BCUT2D eigenvalue weighted by Gasteiger charge is 2.23. The molecule has 7 heteroatoms. The van der Waals surface area contributed by atoms with Crippen molar-refractivity contribution in [3.05, 3.63) is 18.0 Å². The van der Waals surface area contributed by atoms with E-state index in [-0.39, 0.29) is 5.41 Å². The molecule has 0 spiro atoms. The van der Waals surface area contributed by atoms with Gasteiger partial charge in [-0.1, -0.05) is 20.8 Å². The molecular weight excluding hydrogens is 260 g/mol. The molecule has 6 nitrogen and oxygen atoms in total. The molecular formula is C12H18N6S. The molecule has 0 aliphatic carbocycles. The van der Waals surface area contributed by atoms with Crippen molar-refractivity contribution >= 4 is 16.7 Å². The molecule has 19 heavy (non-hydrogen) atoms. The molecule has 0 amide bonds. The van der Waals surface area contributed by atoms with E-state index in [9.17, 15) is 0 Å². The fourth-order valence-electron chi connectivity index (χ4n) is 2.12. The van der Waals surface area contributed by atoms with Crippen LogP contribution in [-0.2, 0) is 18.4 Å². The van der Waals surface area contributed by atoms with E-state index in [0.29, 0.717) is 6.04 Å². The number of hydrogen-bond acceptors (Lipinski definition) is 6. The maximum Gasteiger partial charge on any atom is 0.202 e. The number of aryl methyl sites for hydroxylation is 1. The van der Waals surface area contributed by atoms with Crippen molar-refractivity contribution in [2.45, 2.75) is 51.6 Å². The molecule has 0 fully saturated rings. The summed E-state index contributed by atoms with van der Waals surface area (Å²) in [7, 11) is 0. The monoisotopic (exact) mass is 278 g/mol. The van der Waals surface area contributed by atoms with Crippen LogP contribution in [0, 0.1) is 0 Å².